The van der Waals surface area contributed by atoms with Crippen molar-refractivity contribution in [3.05, 3.63) is 5.69 Å². The monoisotopic (exact) mass is 242 g/mol. The molecule has 1 aromatic heterocycles. The van der Waals surface area contributed by atoms with Crippen molar-refractivity contribution in [2.45, 2.75) is 16.4 Å². The molecule has 2 nitrogen and oxygen atoms in total. The Balaban J connectivity index is 3.30. The molecule has 0 aliphatic carbocycles. The van der Waals surface area contributed by atoms with E-state index in [0.717, 1.165) is 11.8 Å². The van der Waals surface area contributed by atoms with E-state index in [0.29, 0.717) is 5.16 Å². The first-order valence-corrected chi connectivity index (χ1v) is 6.08. The van der Waals surface area contributed by atoms with Gasteiger partial charge in [0.1, 0.15) is 5.03 Å². The summed E-state index contributed by atoms with van der Waals surface area (Å²) in [6.45, 7) is 0. The van der Waals surface area contributed by atoms with Crippen LogP contribution in [0.25, 0.3) is 0 Å². The molecule has 7 heteroatoms. The van der Waals surface area contributed by atoms with Crippen molar-refractivity contribution in [3.8, 4) is 0 Å². The lowest BCUT2D eigenvalue weighted by Gasteiger charge is -2.05. The standard InChI is InChI=1S/C7H9F3N2S2/c1-12-5(13-2)4(7(8,9)10)11-6(12)14-3/h1-3H3. The molecule has 14 heavy (non-hydrogen) atoms. The van der Waals surface area contributed by atoms with Crippen LogP contribution in [0.15, 0.2) is 10.2 Å². The molecule has 80 valence electrons. The molecule has 0 saturated heterocycles. The summed E-state index contributed by atoms with van der Waals surface area (Å²) in [6, 6.07) is 0. The van der Waals surface area contributed by atoms with Crippen LogP contribution in [-0.4, -0.2) is 22.1 Å². The molecule has 0 unspecified atom stereocenters. The molecule has 0 atom stereocenters. The average Bonchev–Trinajstić information content (AvgIpc) is 2.41. The molecule has 0 aromatic carbocycles. The Morgan fingerprint density at radius 3 is 2.07 bits per heavy atom. The van der Waals surface area contributed by atoms with Crippen molar-refractivity contribution >= 4 is 23.5 Å². The molecule has 0 radical (unpaired) electrons. The van der Waals surface area contributed by atoms with Gasteiger partial charge >= 0.3 is 6.18 Å². The SMILES string of the molecule is CSc1nc(C(F)(F)F)c(SC)n1C. The molecule has 1 rings (SSSR count). The molecular formula is C7H9F3N2S2. The Bertz CT molecular complexity index is 332. The van der Waals surface area contributed by atoms with Gasteiger partial charge < -0.3 is 4.57 Å². The number of imidazole rings is 1. The summed E-state index contributed by atoms with van der Waals surface area (Å²) in [6.07, 6.45) is -1.06. The van der Waals surface area contributed by atoms with Crippen LogP contribution in [-0.2, 0) is 13.2 Å². The van der Waals surface area contributed by atoms with Gasteiger partial charge in [0.25, 0.3) is 0 Å². The number of rotatable bonds is 2. The number of alkyl halides is 3. The number of hydrogen-bond acceptors (Lipinski definition) is 3. The minimum absolute atomic E-state index is 0.154. The van der Waals surface area contributed by atoms with Gasteiger partial charge in [-0.25, -0.2) is 4.98 Å². The van der Waals surface area contributed by atoms with Crippen molar-refractivity contribution in [2.24, 2.45) is 7.05 Å². The lowest BCUT2D eigenvalue weighted by Crippen LogP contribution is -2.07. The van der Waals surface area contributed by atoms with Crippen LogP contribution >= 0.6 is 23.5 Å². The van der Waals surface area contributed by atoms with Gasteiger partial charge in [-0.05, 0) is 12.5 Å². The molecule has 0 N–H and O–H groups in total. The number of hydrogen-bond donors (Lipinski definition) is 0. The van der Waals surface area contributed by atoms with Crippen molar-refractivity contribution in [1.82, 2.24) is 9.55 Å². The third-order valence-corrected chi connectivity index (χ3v) is 3.23. The van der Waals surface area contributed by atoms with E-state index in [-0.39, 0.29) is 5.03 Å². The summed E-state index contributed by atoms with van der Waals surface area (Å²) in [4.78, 5) is 3.55. The van der Waals surface area contributed by atoms with Crippen LogP contribution in [0.4, 0.5) is 13.2 Å². The molecule has 0 fully saturated rings. The van der Waals surface area contributed by atoms with Crippen LogP contribution in [0.2, 0.25) is 0 Å². The minimum Gasteiger partial charge on any atom is -0.317 e. The smallest absolute Gasteiger partial charge is 0.317 e. The first-order chi connectivity index (χ1) is 6.41. The third kappa shape index (κ3) is 2.03. The fraction of sp³-hybridized carbons (Fsp3) is 0.571. The highest BCUT2D eigenvalue weighted by atomic mass is 32.2. The van der Waals surface area contributed by atoms with E-state index in [9.17, 15) is 13.2 Å². The fourth-order valence-corrected chi connectivity index (χ4v) is 2.39. The number of nitrogens with zero attached hydrogens (tertiary/aromatic N) is 2. The van der Waals surface area contributed by atoms with Gasteiger partial charge in [-0.1, -0.05) is 11.8 Å². The van der Waals surface area contributed by atoms with E-state index in [1.54, 1.807) is 19.6 Å². The molecule has 0 saturated carbocycles. The number of aromatic nitrogens is 2. The van der Waals surface area contributed by atoms with E-state index in [4.69, 9.17) is 0 Å². The molecule has 0 amide bonds. The first-order valence-electron chi connectivity index (χ1n) is 3.63. The highest BCUT2D eigenvalue weighted by molar-refractivity contribution is 7.99. The molecule has 1 aromatic rings. The largest absolute Gasteiger partial charge is 0.436 e. The maximum absolute atomic E-state index is 12.5. The minimum atomic E-state index is -4.37. The maximum atomic E-state index is 12.5. The number of halogens is 3. The van der Waals surface area contributed by atoms with Crippen molar-refractivity contribution in [2.75, 3.05) is 12.5 Å². The Morgan fingerprint density at radius 2 is 1.79 bits per heavy atom. The van der Waals surface area contributed by atoms with Gasteiger partial charge in [0, 0.05) is 7.05 Å². The normalized spacial score (nSPS) is 12.1. The summed E-state index contributed by atoms with van der Waals surface area (Å²) >= 11 is 2.25. The third-order valence-electron chi connectivity index (χ3n) is 1.65. The van der Waals surface area contributed by atoms with E-state index in [1.807, 2.05) is 0 Å². The maximum Gasteiger partial charge on any atom is 0.436 e. The van der Waals surface area contributed by atoms with Gasteiger partial charge in [0.15, 0.2) is 10.9 Å². The second kappa shape index (κ2) is 4.06. The van der Waals surface area contributed by atoms with Gasteiger partial charge in [0.2, 0.25) is 0 Å². The molecule has 0 spiro atoms. The predicted molar refractivity (Wildman–Crippen MR) is 51.8 cm³/mol. The van der Waals surface area contributed by atoms with E-state index < -0.39 is 11.9 Å². The zero-order valence-electron chi connectivity index (χ0n) is 7.84. The Morgan fingerprint density at radius 1 is 1.21 bits per heavy atom. The molecule has 1 heterocycles. The van der Waals surface area contributed by atoms with Gasteiger partial charge in [-0.2, -0.15) is 13.2 Å². The highest BCUT2D eigenvalue weighted by Gasteiger charge is 2.38. The quantitative estimate of drug-likeness (QED) is 0.743. The Labute approximate surface area is 88.3 Å². The summed E-state index contributed by atoms with van der Waals surface area (Å²) in [5.41, 5.74) is -0.795. The van der Waals surface area contributed by atoms with E-state index in [2.05, 4.69) is 4.98 Å². The molecule has 0 bridgehead atoms. The topological polar surface area (TPSA) is 17.8 Å². The zero-order valence-corrected chi connectivity index (χ0v) is 9.48. The molecule has 0 aliphatic heterocycles. The van der Waals surface area contributed by atoms with Crippen LogP contribution in [0.3, 0.4) is 0 Å². The van der Waals surface area contributed by atoms with Crippen LogP contribution in [0.5, 0.6) is 0 Å². The second-order valence-corrected chi connectivity index (χ2v) is 4.08. The van der Waals surface area contributed by atoms with Crippen LogP contribution in [0, 0.1) is 0 Å². The second-order valence-electron chi connectivity index (χ2n) is 2.51. The van der Waals surface area contributed by atoms with Crippen molar-refractivity contribution in [1.29, 1.82) is 0 Å². The zero-order chi connectivity index (χ0) is 10.9. The molecular weight excluding hydrogens is 233 g/mol. The Kier molecular flexibility index (Phi) is 3.41. The van der Waals surface area contributed by atoms with Gasteiger partial charge in [-0.15, -0.1) is 11.8 Å². The number of thioether (sulfide) groups is 2. The predicted octanol–water partition coefficient (Wildman–Crippen LogP) is 2.88. The van der Waals surface area contributed by atoms with Crippen LogP contribution < -0.4 is 0 Å². The van der Waals surface area contributed by atoms with Gasteiger partial charge in [0.05, 0.1) is 0 Å². The highest BCUT2D eigenvalue weighted by Crippen LogP contribution is 2.37. The summed E-state index contributed by atoms with van der Waals surface area (Å²) in [5.74, 6) is 0. The lowest BCUT2D eigenvalue weighted by molar-refractivity contribution is -0.143. The molecule has 0 aliphatic rings. The summed E-state index contributed by atoms with van der Waals surface area (Å²) in [5, 5.41) is 0.531. The van der Waals surface area contributed by atoms with E-state index >= 15 is 0 Å². The fourth-order valence-electron chi connectivity index (χ4n) is 1.07. The van der Waals surface area contributed by atoms with Gasteiger partial charge in [-0.3, -0.25) is 0 Å². The average molecular weight is 242 g/mol. The summed E-state index contributed by atoms with van der Waals surface area (Å²) < 4.78 is 38.9. The lowest BCUT2D eigenvalue weighted by atomic mass is 10.5. The summed E-state index contributed by atoms with van der Waals surface area (Å²) in [7, 11) is 1.58. The van der Waals surface area contributed by atoms with Crippen molar-refractivity contribution < 1.29 is 13.2 Å². The van der Waals surface area contributed by atoms with Crippen LogP contribution in [0.1, 0.15) is 5.69 Å². The van der Waals surface area contributed by atoms with Crippen molar-refractivity contribution in [3.63, 3.8) is 0 Å². The first kappa shape index (κ1) is 11.8. The van der Waals surface area contributed by atoms with E-state index in [1.165, 1.54) is 16.3 Å². The Hall–Kier alpha value is -0.300.